The number of rotatable bonds is 6. The van der Waals surface area contributed by atoms with Crippen molar-refractivity contribution in [3.63, 3.8) is 0 Å². The van der Waals surface area contributed by atoms with E-state index in [0.717, 1.165) is 40.4 Å². The Hall–Kier alpha value is -2.63. The first-order valence-electron chi connectivity index (χ1n) is 9.12. The number of para-hydroxylation sites is 2. The number of hydrogen-bond acceptors (Lipinski definition) is 3. The van der Waals surface area contributed by atoms with E-state index in [4.69, 9.17) is 0 Å². The maximum Gasteiger partial charge on any atom is 0.225 e. The van der Waals surface area contributed by atoms with Gasteiger partial charge in [0.2, 0.25) is 5.91 Å². The molecule has 3 aromatic rings. The van der Waals surface area contributed by atoms with Crippen molar-refractivity contribution in [2.75, 3.05) is 0 Å². The van der Waals surface area contributed by atoms with Crippen molar-refractivity contribution in [2.24, 2.45) is 5.92 Å². The Bertz CT molecular complexity index is 889. The van der Waals surface area contributed by atoms with Crippen LogP contribution in [0.1, 0.15) is 49.6 Å². The quantitative estimate of drug-likeness (QED) is 0.713. The van der Waals surface area contributed by atoms with Crippen LogP contribution < -0.4 is 5.32 Å². The number of aromatic amines is 1. The Balaban J connectivity index is 1.69. The molecular formula is C20H27N5O. The van der Waals surface area contributed by atoms with E-state index in [0.29, 0.717) is 12.3 Å². The van der Waals surface area contributed by atoms with Gasteiger partial charge in [0.1, 0.15) is 5.82 Å². The van der Waals surface area contributed by atoms with Crippen LogP contribution >= 0.6 is 0 Å². The lowest BCUT2D eigenvalue weighted by Gasteiger charge is -2.12. The summed E-state index contributed by atoms with van der Waals surface area (Å²) in [6.45, 7) is 11.1. The third-order valence-corrected chi connectivity index (χ3v) is 4.60. The normalized spacial score (nSPS) is 12.7. The molecule has 0 spiro atoms. The summed E-state index contributed by atoms with van der Waals surface area (Å²) >= 11 is 0. The molecule has 6 heteroatoms. The number of carbonyl (C=O) groups is 1. The Morgan fingerprint density at radius 1 is 1.23 bits per heavy atom. The highest BCUT2D eigenvalue weighted by molar-refractivity contribution is 5.80. The van der Waals surface area contributed by atoms with Gasteiger partial charge in [0, 0.05) is 17.8 Å². The summed E-state index contributed by atoms with van der Waals surface area (Å²) in [7, 11) is 0. The fourth-order valence-corrected chi connectivity index (χ4v) is 3.21. The first kappa shape index (κ1) is 18.2. The van der Waals surface area contributed by atoms with Crippen molar-refractivity contribution in [1.29, 1.82) is 0 Å². The minimum Gasteiger partial charge on any atom is -0.346 e. The number of carbonyl (C=O) groups excluding carboxylic acids is 1. The average Bonchev–Trinajstić information content (AvgIpc) is 3.11. The summed E-state index contributed by atoms with van der Waals surface area (Å²) in [6.07, 6.45) is 0.334. The smallest absolute Gasteiger partial charge is 0.225 e. The van der Waals surface area contributed by atoms with Gasteiger partial charge >= 0.3 is 0 Å². The van der Waals surface area contributed by atoms with E-state index in [1.165, 1.54) is 0 Å². The Kier molecular flexibility index (Phi) is 5.11. The first-order valence-corrected chi connectivity index (χ1v) is 9.12. The molecule has 0 fully saturated rings. The van der Waals surface area contributed by atoms with E-state index >= 15 is 0 Å². The van der Waals surface area contributed by atoms with Gasteiger partial charge in [-0.25, -0.2) is 4.98 Å². The summed E-state index contributed by atoms with van der Waals surface area (Å²) < 4.78 is 2.01. The molecule has 0 bridgehead atoms. The molecule has 0 aliphatic rings. The second-order valence-corrected chi connectivity index (χ2v) is 7.33. The zero-order chi connectivity index (χ0) is 18.8. The molecule has 1 unspecified atom stereocenters. The topological polar surface area (TPSA) is 75.6 Å². The van der Waals surface area contributed by atoms with E-state index < -0.39 is 0 Å². The highest BCUT2D eigenvalue weighted by atomic mass is 16.1. The maximum atomic E-state index is 12.6. The number of aromatic nitrogens is 4. The molecule has 2 heterocycles. The number of nitrogens with zero attached hydrogens (tertiary/aromatic N) is 3. The number of fused-ring (bicyclic) bond motifs is 1. The van der Waals surface area contributed by atoms with Crippen molar-refractivity contribution in [1.82, 2.24) is 25.1 Å². The molecule has 0 saturated heterocycles. The van der Waals surface area contributed by atoms with Crippen LogP contribution in [0.2, 0.25) is 0 Å². The van der Waals surface area contributed by atoms with Crippen molar-refractivity contribution in [3.8, 4) is 0 Å². The summed E-state index contributed by atoms with van der Waals surface area (Å²) in [6, 6.07) is 7.68. The van der Waals surface area contributed by atoms with Gasteiger partial charge in [-0.3, -0.25) is 9.48 Å². The molecular weight excluding hydrogens is 326 g/mol. The third kappa shape index (κ3) is 3.79. The second kappa shape index (κ2) is 7.32. The highest BCUT2D eigenvalue weighted by Crippen LogP contribution is 2.18. The van der Waals surface area contributed by atoms with E-state index in [1.54, 1.807) is 0 Å². The summed E-state index contributed by atoms with van der Waals surface area (Å²) in [5, 5.41) is 7.63. The number of aryl methyl sites for hydroxylation is 1. The lowest BCUT2D eigenvalue weighted by molar-refractivity contribution is -0.121. The van der Waals surface area contributed by atoms with Crippen LogP contribution in [0.4, 0.5) is 0 Å². The molecule has 0 aliphatic carbocycles. The van der Waals surface area contributed by atoms with E-state index in [-0.39, 0.29) is 11.9 Å². The van der Waals surface area contributed by atoms with Crippen LogP contribution in [-0.4, -0.2) is 25.7 Å². The minimum atomic E-state index is -0.179. The number of hydrogen-bond donors (Lipinski definition) is 2. The van der Waals surface area contributed by atoms with Gasteiger partial charge in [-0.05, 0) is 38.8 Å². The molecule has 1 atom stereocenters. The number of imidazole rings is 1. The molecule has 138 valence electrons. The molecule has 3 rings (SSSR count). The fraction of sp³-hybridized carbons (Fsp3) is 0.450. The zero-order valence-electron chi connectivity index (χ0n) is 16.1. The van der Waals surface area contributed by atoms with E-state index in [2.05, 4.69) is 34.2 Å². The molecule has 2 N–H and O–H groups in total. The number of benzene rings is 1. The average molecular weight is 353 g/mol. The van der Waals surface area contributed by atoms with Crippen molar-refractivity contribution in [2.45, 2.75) is 53.6 Å². The van der Waals surface area contributed by atoms with E-state index in [9.17, 15) is 4.79 Å². The van der Waals surface area contributed by atoms with Gasteiger partial charge in [-0.15, -0.1) is 0 Å². The summed E-state index contributed by atoms with van der Waals surface area (Å²) in [5.74, 6) is 1.26. The predicted octanol–water partition coefficient (Wildman–Crippen LogP) is 3.45. The van der Waals surface area contributed by atoms with Crippen LogP contribution in [-0.2, 0) is 17.8 Å². The SMILES string of the molecule is Cc1nn(CC(C)C)c(C)c1CC(=O)NC(C)c1nc2ccccc2[nH]1. The summed E-state index contributed by atoms with van der Waals surface area (Å²) in [5.41, 5.74) is 4.90. The Morgan fingerprint density at radius 2 is 1.96 bits per heavy atom. The molecule has 2 aromatic heterocycles. The number of H-pyrrole nitrogens is 1. The van der Waals surface area contributed by atoms with Crippen LogP contribution in [0, 0.1) is 19.8 Å². The van der Waals surface area contributed by atoms with Gasteiger partial charge < -0.3 is 10.3 Å². The van der Waals surface area contributed by atoms with Gasteiger partial charge in [0.15, 0.2) is 0 Å². The lowest BCUT2D eigenvalue weighted by Crippen LogP contribution is -2.29. The predicted molar refractivity (Wildman–Crippen MR) is 103 cm³/mol. The van der Waals surface area contributed by atoms with Crippen LogP contribution in [0.15, 0.2) is 24.3 Å². The maximum absolute atomic E-state index is 12.6. The minimum absolute atomic E-state index is 0.0201. The Labute approximate surface area is 154 Å². The summed E-state index contributed by atoms with van der Waals surface area (Å²) in [4.78, 5) is 20.4. The van der Waals surface area contributed by atoms with Crippen molar-refractivity contribution in [3.05, 3.63) is 47.0 Å². The van der Waals surface area contributed by atoms with Crippen LogP contribution in [0.25, 0.3) is 11.0 Å². The van der Waals surface area contributed by atoms with Crippen LogP contribution in [0.5, 0.6) is 0 Å². The molecule has 0 saturated carbocycles. The van der Waals surface area contributed by atoms with Gasteiger partial charge in [0.05, 0.1) is 29.2 Å². The largest absolute Gasteiger partial charge is 0.346 e. The van der Waals surface area contributed by atoms with Gasteiger partial charge in [-0.1, -0.05) is 26.0 Å². The van der Waals surface area contributed by atoms with Gasteiger partial charge in [0.25, 0.3) is 0 Å². The molecule has 1 amide bonds. The lowest BCUT2D eigenvalue weighted by atomic mass is 10.1. The molecule has 0 aliphatic heterocycles. The van der Waals surface area contributed by atoms with Crippen molar-refractivity contribution >= 4 is 16.9 Å². The van der Waals surface area contributed by atoms with Crippen LogP contribution in [0.3, 0.4) is 0 Å². The number of amides is 1. The molecule has 6 nitrogen and oxygen atoms in total. The third-order valence-electron chi connectivity index (χ3n) is 4.60. The molecule has 0 radical (unpaired) electrons. The highest BCUT2D eigenvalue weighted by Gasteiger charge is 2.18. The van der Waals surface area contributed by atoms with Gasteiger partial charge in [-0.2, -0.15) is 5.10 Å². The zero-order valence-corrected chi connectivity index (χ0v) is 16.1. The molecule has 26 heavy (non-hydrogen) atoms. The number of nitrogens with one attached hydrogen (secondary N) is 2. The Morgan fingerprint density at radius 3 is 2.65 bits per heavy atom. The van der Waals surface area contributed by atoms with E-state index in [1.807, 2.05) is 49.7 Å². The monoisotopic (exact) mass is 353 g/mol. The van der Waals surface area contributed by atoms with Crippen molar-refractivity contribution < 1.29 is 4.79 Å². The second-order valence-electron chi connectivity index (χ2n) is 7.33. The first-order chi connectivity index (χ1) is 12.3. The molecule has 1 aromatic carbocycles. The standard InChI is InChI=1S/C20H27N5O/c1-12(2)11-25-15(5)16(13(3)24-25)10-19(26)21-14(4)20-22-17-8-6-7-9-18(17)23-20/h6-9,12,14H,10-11H2,1-5H3,(H,21,26)(H,22,23). The fourth-order valence-electron chi connectivity index (χ4n) is 3.21.